The van der Waals surface area contributed by atoms with Crippen LogP contribution >= 0.6 is 12.2 Å². The van der Waals surface area contributed by atoms with E-state index in [0.29, 0.717) is 19.1 Å². The number of benzene rings is 1. The second kappa shape index (κ2) is 9.96. The Balaban J connectivity index is 1.47. The lowest BCUT2D eigenvalue weighted by molar-refractivity contribution is 0.0240. The highest BCUT2D eigenvalue weighted by molar-refractivity contribution is 7.80. The van der Waals surface area contributed by atoms with Crippen molar-refractivity contribution >= 4 is 29.0 Å². The third-order valence-electron chi connectivity index (χ3n) is 6.20. The van der Waals surface area contributed by atoms with Crippen LogP contribution in [0.25, 0.3) is 0 Å². The number of ether oxygens (including phenoxy) is 1. The number of rotatable bonds is 3. The molecule has 0 bridgehead atoms. The number of anilines is 1. The minimum Gasteiger partial charge on any atom is -0.444 e. The van der Waals surface area contributed by atoms with Crippen molar-refractivity contribution in [3.8, 4) is 0 Å². The summed E-state index contributed by atoms with van der Waals surface area (Å²) in [6, 6.07) is 8.93. The summed E-state index contributed by atoms with van der Waals surface area (Å²) >= 11 is 5.70. The predicted octanol–water partition coefficient (Wildman–Crippen LogP) is 4.27. The van der Waals surface area contributed by atoms with E-state index in [4.69, 9.17) is 17.0 Å². The van der Waals surface area contributed by atoms with Crippen LogP contribution in [0, 0.1) is 0 Å². The Labute approximate surface area is 199 Å². The first-order valence-electron chi connectivity index (χ1n) is 11.8. The van der Waals surface area contributed by atoms with Crippen molar-refractivity contribution in [3.63, 3.8) is 0 Å². The average Bonchev–Trinajstić information content (AvgIpc) is 2.72. The van der Waals surface area contributed by atoms with Crippen LogP contribution < -0.4 is 10.2 Å². The zero-order valence-corrected chi connectivity index (χ0v) is 21.4. The Kier molecular flexibility index (Phi) is 7.71. The number of hydrogen-bond acceptors (Lipinski definition) is 5. The Hall–Kier alpha value is -1.86. The van der Waals surface area contributed by atoms with Gasteiger partial charge in [0.25, 0.3) is 0 Å². The maximum absolute atomic E-state index is 12.3. The molecule has 7 heteroatoms. The van der Waals surface area contributed by atoms with Crippen LogP contribution in [-0.4, -0.2) is 77.3 Å². The van der Waals surface area contributed by atoms with Gasteiger partial charge in [-0.2, -0.15) is 0 Å². The molecular formula is C25H40N4O2S. The number of carbonyl (C=O) groups is 1. The Morgan fingerprint density at radius 2 is 1.50 bits per heavy atom. The summed E-state index contributed by atoms with van der Waals surface area (Å²) < 4.78 is 5.49. The van der Waals surface area contributed by atoms with E-state index in [-0.39, 0.29) is 11.6 Å². The second-order valence-corrected chi connectivity index (χ2v) is 11.3. The fourth-order valence-electron chi connectivity index (χ4n) is 4.26. The largest absolute Gasteiger partial charge is 0.444 e. The minimum absolute atomic E-state index is 0.225. The SMILES string of the molecule is CC(C)(C)OC(=O)N1CCN(c2ccc(C(=S)NC3CCN(C(C)(C)C)CC3)cc2)CC1. The van der Waals surface area contributed by atoms with Gasteiger partial charge in [-0.15, -0.1) is 0 Å². The number of piperazine rings is 1. The van der Waals surface area contributed by atoms with E-state index >= 15 is 0 Å². The molecular weight excluding hydrogens is 420 g/mol. The van der Waals surface area contributed by atoms with Gasteiger partial charge in [-0.3, -0.25) is 4.90 Å². The van der Waals surface area contributed by atoms with Crippen LogP contribution in [0.2, 0.25) is 0 Å². The molecule has 0 aliphatic carbocycles. The average molecular weight is 461 g/mol. The zero-order valence-electron chi connectivity index (χ0n) is 20.6. The lowest BCUT2D eigenvalue weighted by Gasteiger charge is -2.41. The van der Waals surface area contributed by atoms with E-state index in [2.05, 4.69) is 60.2 Å². The molecule has 0 unspecified atom stereocenters. The van der Waals surface area contributed by atoms with Crippen LogP contribution in [0.1, 0.15) is 59.9 Å². The van der Waals surface area contributed by atoms with E-state index in [1.165, 1.54) is 5.69 Å². The van der Waals surface area contributed by atoms with Crippen molar-refractivity contribution < 1.29 is 9.53 Å². The third kappa shape index (κ3) is 6.82. The molecule has 0 atom stereocenters. The van der Waals surface area contributed by atoms with Crippen LogP contribution in [0.4, 0.5) is 10.5 Å². The van der Waals surface area contributed by atoms with Crippen molar-refractivity contribution in [3.05, 3.63) is 29.8 Å². The highest BCUT2D eigenvalue weighted by atomic mass is 32.1. The second-order valence-electron chi connectivity index (χ2n) is 10.9. The number of nitrogens with zero attached hydrogens (tertiary/aromatic N) is 3. The van der Waals surface area contributed by atoms with Gasteiger partial charge in [-0.1, -0.05) is 12.2 Å². The molecule has 2 saturated heterocycles. The number of nitrogens with one attached hydrogen (secondary N) is 1. The summed E-state index contributed by atoms with van der Waals surface area (Å²) in [5, 5.41) is 3.58. The maximum Gasteiger partial charge on any atom is 0.410 e. The van der Waals surface area contributed by atoms with Crippen LogP contribution in [-0.2, 0) is 4.74 Å². The summed E-state index contributed by atoms with van der Waals surface area (Å²) in [5.41, 5.74) is 2.01. The van der Waals surface area contributed by atoms with E-state index < -0.39 is 5.60 Å². The number of carbonyl (C=O) groups excluding carboxylic acids is 1. The van der Waals surface area contributed by atoms with Gasteiger partial charge in [0, 0.05) is 62.1 Å². The van der Waals surface area contributed by atoms with Gasteiger partial charge in [-0.25, -0.2) is 4.79 Å². The Morgan fingerprint density at radius 1 is 0.938 bits per heavy atom. The van der Waals surface area contributed by atoms with Crippen molar-refractivity contribution in [1.82, 2.24) is 15.1 Å². The lowest BCUT2D eigenvalue weighted by Crippen LogP contribution is -2.50. The van der Waals surface area contributed by atoms with Crippen molar-refractivity contribution in [2.45, 2.75) is 71.6 Å². The van der Waals surface area contributed by atoms with Crippen molar-refractivity contribution in [2.75, 3.05) is 44.2 Å². The normalized spacial score (nSPS) is 19.1. The quantitative estimate of drug-likeness (QED) is 0.680. The Bertz CT molecular complexity index is 782. The first-order valence-corrected chi connectivity index (χ1v) is 12.2. The lowest BCUT2D eigenvalue weighted by atomic mass is 9.98. The number of thiocarbonyl (C=S) groups is 1. The molecule has 2 aliphatic rings. The van der Waals surface area contributed by atoms with Gasteiger partial charge >= 0.3 is 6.09 Å². The van der Waals surface area contributed by atoms with Gasteiger partial charge in [0.15, 0.2) is 0 Å². The summed E-state index contributed by atoms with van der Waals surface area (Å²) in [6.07, 6.45) is 2.02. The first kappa shape index (κ1) is 24.8. The van der Waals surface area contributed by atoms with Gasteiger partial charge in [-0.05, 0) is 78.6 Å². The fourth-order valence-corrected chi connectivity index (χ4v) is 4.56. The number of likely N-dealkylation sites (tertiary alicyclic amines) is 1. The van der Waals surface area contributed by atoms with Gasteiger partial charge in [0.2, 0.25) is 0 Å². The summed E-state index contributed by atoms with van der Waals surface area (Å²) in [5.74, 6) is 0. The molecule has 2 aliphatic heterocycles. The Morgan fingerprint density at radius 3 is 2.00 bits per heavy atom. The smallest absolute Gasteiger partial charge is 0.410 e. The van der Waals surface area contributed by atoms with Crippen molar-refractivity contribution in [2.24, 2.45) is 0 Å². The molecule has 1 N–H and O–H groups in total. The van der Waals surface area contributed by atoms with E-state index in [0.717, 1.165) is 49.6 Å². The summed E-state index contributed by atoms with van der Waals surface area (Å²) in [6.45, 7) is 17.7. The molecule has 2 fully saturated rings. The molecule has 178 valence electrons. The summed E-state index contributed by atoms with van der Waals surface area (Å²) in [7, 11) is 0. The molecule has 1 aromatic rings. The van der Waals surface area contributed by atoms with E-state index in [1.54, 1.807) is 4.90 Å². The number of piperidine rings is 1. The first-order chi connectivity index (χ1) is 14.9. The molecule has 0 spiro atoms. The van der Waals surface area contributed by atoms with Crippen molar-refractivity contribution in [1.29, 1.82) is 0 Å². The summed E-state index contributed by atoms with van der Waals surface area (Å²) in [4.78, 5) is 19.7. The fraction of sp³-hybridized carbons (Fsp3) is 0.680. The minimum atomic E-state index is -0.458. The molecule has 1 amide bonds. The molecule has 32 heavy (non-hydrogen) atoms. The zero-order chi connectivity index (χ0) is 23.5. The topological polar surface area (TPSA) is 48.1 Å². The predicted molar refractivity (Wildman–Crippen MR) is 136 cm³/mol. The van der Waals surface area contributed by atoms with E-state index in [9.17, 15) is 4.79 Å². The van der Waals surface area contributed by atoms with E-state index in [1.807, 2.05) is 20.8 Å². The third-order valence-corrected chi connectivity index (χ3v) is 6.56. The highest BCUT2D eigenvalue weighted by Crippen LogP contribution is 2.22. The molecule has 0 radical (unpaired) electrons. The monoisotopic (exact) mass is 460 g/mol. The van der Waals surface area contributed by atoms with Gasteiger partial charge in [0.05, 0.1) is 0 Å². The molecule has 1 aromatic carbocycles. The molecule has 6 nitrogen and oxygen atoms in total. The van der Waals surface area contributed by atoms with Crippen LogP contribution in [0.3, 0.4) is 0 Å². The van der Waals surface area contributed by atoms with Gasteiger partial charge in [0.1, 0.15) is 10.6 Å². The van der Waals surface area contributed by atoms with Crippen LogP contribution in [0.5, 0.6) is 0 Å². The van der Waals surface area contributed by atoms with Crippen LogP contribution in [0.15, 0.2) is 24.3 Å². The molecule has 0 saturated carbocycles. The molecule has 0 aromatic heterocycles. The number of amides is 1. The molecule has 3 rings (SSSR count). The van der Waals surface area contributed by atoms with Gasteiger partial charge < -0.3 is 19.9 Å². The molecule has 2 heterocycles. The maximum atomic E-state index is 12.3. The standard InChI is InChI=1S/C25H40N4O2S/c1-24(2,3)29-13-11-20(12-14-29)26-22(32)19-7-9-21(10-8-19)27-15-17-28(18-16-27)23(30)31-25(4,5)6/h7-10,20H,11-18H2,1-6H3,(H,26,32). The number of hydrogen-bond donors (Lipinski definition) is 1. The highest BCUT2D eigenvalue weighted by Gasteiger charge is 2.28.